The molecule has 6 heteroatoms. The standard InChI is InChI=1S/C34H30F4O2/c1-3-5-21-40-30-20-17-26(31(35)34(30)38)12-9-22-7-10-23(11-8-22)27-18-19-28(33(37)32(27)36)24-13-15-25(16-14-24)29(39)6-4-2/h3,7-20,29,39H,1,4-6,21H2,2H3/b12-9+. The summed E-state index contributed by atoms with van der Waals surface area (Å²) < 4.78 is 64.2. The minimum absolute atomic E-state index is 0.0502. The van der Waals surface area contributed by atoms with E-state index in [4.69, 9.17) is 4.74 Å². The first kappa shape index (κ1) is 28.8. The van der Waals surface area contributed by atoms with Crippen LogP contribution in [0.3, 0.4) is 0 Å². The van der Waals surface area contributed by atoms with Gasteiger partial charge in [-0.15, -0.1) is 6.58 Å². The van der Waals surface area contributed by atoms with E-state index in [1.54, 1.807) is 60.7 Å². The highest BCUT2D eigenvalue weighted by atomic mass is 19.2. The molecule has 206 valence electrons. The van der Waals surface area contributed by atoms with Gasteiger partial charge in [-0.05, 0) is 47.2 Å². The first-order valence-corrected chi connectivity index (χ1v) is 13.1. The van der Waals surface area contributed by atoms with Gasteiger partial charge in [0.1, 0.15) is 0 Å². The molecule has 0 aliphatic rings. The van der Waals surface area contributed by atoms with E-state index in [2.05, 4.69) is 6.58 Å². The van der Waals surface area contributed by atoms with Crippen molar-refractivity contribution in [1.29, 1.82) is 0 Å². The molecule has 0 aromatic heterocycles. The Morgan fingerprint density at radius 1 is 0.750 bits per heavy atom. The Morgan fingerprint density at radius 2 is 1.35 bits per heavy atom. The van der Waals surface area contributed by atoms with Crippen LogP contribution in [-0.2, 0) is 0 Å². The Labute approximate surface area is 231 Å². The number of ether oxygens (including phenoxy) is 1. The lowest BCUT2D eigenvalue weighted by Crippen LogP contribution is -2.00. The fourth-order valence-electron chi connectivity index (χ4n) is 4.32. The molecule has 4 aromatic rings. The highest BCUT2D eigenvalue weighted by molar-refractivity contribution is 5.75. The van der Waals surface area contributed by atoms with Crippen molar-refractivity contribution in [3.63, 3.8) is 0 Å². The van der Waals surface area contributed by atoms with Crippen molar-refractivity contribution in [2.75, 3.05) is 6.61 Å². The van der Waals surface area contributed by atoms with Crippen LogP contribution in [0.2, 0.25) is 0 Å². The fourth-order valence-corrected chi connectivity index (χ4v) is 4.32. The van der Waals surface area contributed by atoms with Crippen LogP contribution in [0.1, 0.15) is 49.0 Å². The lowest BCUT2D eigenvalue weighted by Gasteiger charge is -2.12. The van der Waals surface area contributed by atoms with Gasteiger partial charge in [-0.25, -0.2) is 13.2 Å². The van der Waals surface area contributed by atoms with Gasteiger partial charge in [0, 0.05) is 16.7 Å². The molecule has 4 rings (SSSR count). The summed E-state index contributed by atoms with van der Waals surface area (Å²) in [5, 5.41) is 10.1. The molecule has 0 heterocycles. The van der Waals surface area contributed by atoms with Crippen molar-refractivity contribution in [3.05, 3.63) is 125 Å². The number of aliphatic hydroxyl groups excluding tert-OH is 1. The maximum atomic E-state index is 15.1. The van der Waals surface area contributed by atoms with Crippen LogP contribution in [0.4, 0.5) is 17.6 Å². The second-order valence-electron chi connectivity index (χ2n) is 9.38. The smallest absolute Gasteiger partial charge is 0.201 e. The Bertz CT molecular complexity index is 1490. The van der Waals surface area contributed by atoms with Crippen LogP contribution in [0.5, 0.6) is 5.75 Å². The summed E-state index contributed by atoms with van der Waals surface area (Å²) >= 11 is 0. The normalized spacial score (nSPS) is 12.1. The number of aliphatic hydroxyl groups is 1. The van der Waals surface area contributed by atoms with Gasteiger partial charge >= 0.3 is 0 Å². The molecule has 1 unspecified atom stereocenters. The lowest BCUT2D eigenvalue weighted by molar-refractivity contribution is 0.166. The van der Waals surface area contributed by atoms with Crippen molar-refractivity contribution in [2.24, 2.45) is 0 Å². The molecule has 0 saturated heterocycles. The van der Waals surface area contributed by atoms with Gasteiger partial charge in [0.25, 0.3) is 0 Å². The Balaban J connectivity index is 1.50. The molecule has 0 fully saturated rings. The molecule has 0 amide bonds. The Hall–Kier alpha value is -4.16. The van der Waals surface area contributed by atoms with Crippen LogP contribution in [0.25, 0.3) is 34.4 Å². The molecule has 0 saturated carbocycles. The van der Waals surface area contributed by atoms with Crippen LogP contribution >= 0.6 is 0 Å². The Morgan fingerprint density at radius 3 is 1.93 bits per heavy atom. The van der Waals surface area contributed by atoms with E-state index in [1.165, 1.54) is 30.3 Å². The molecule has 1 atom stereocenters. The largest absolute Gasteiger partial charge is 0.490 e. The van der Waals surface area contributed by atoms with E-state index in [9.17, 15) is 13.9 Å². The second-order valence-corrected chi connectivity index (χ2v) is 9.38. The number of rotatable bonds is 11. The summed E-state index contributed by atoms with van der Waals surface area (Å²) in [4.78, 5) is 0. The van der Waals surface area contributed by atoms with Gasteiger partial charge in [0.15, 0.2) is 23.2 Å². The molecular weight excluding hydrogens is 516 g/mol. The molecule has 4 aromatic carbocycles. The van der Waals surface area contributed by atoms with E-state index in [-0.39, 0.29) is 29.0 Å². The fraction of sp³-hybridized carbons (Fsp3) is 0.176. The van der Waals surface area contributed by atoms with Crippen LogP contribution < -0.4 is 4.74 Å². The molecule has 0 radical (unpaired) electrons. The van der Waals surface area contributed by atoms with E-state index >= 15 is 8.78 Å². The number of hydrogen-bond donors (Lipinski definition) is 1. The predicted octanol–water partition coefficient (Wildman–Crippen LogP) is 9.54. The third-order valence-corrected chi connectivity index (χ3v) is 6.58. The molecule has 0 aliphatic carbocycles. The molecule has 2 nitrogen and oxygen atoms in total. The zero-order valence-corrected chi connectivity index (χ0v) is 22.1. The van der Waals surface area contributed by atoms with E-state index < -0.39 is 29.4 Å². The van der Waals surface area contributed by atoms with Crippen molar-refractivity contribution in [2.45, 2.75) is 32.3 Å². The van der Waals surface area contributed by atoms with Gasteiger partial charge < -0.3 is 9.84 Å². The molecule has 40 heavy (non-hydrogen) atoms. The quantitative estimate of drug-likeness (QED) is 0.0879. The summed E-state index contributed by atoms with van der Waals surface area (Å²) in [6.07, 6.45) is 6.04. The minimum atomic E-state index is -1.06. The third kappa shape index (κ3) is 6.52. The number of benzene rings is 4. The van der Waals surface area contributed by atoms with Gasteiger partial charge in [0.05, 0.1) is 12.7 Å². The average Bonchev–Trinajstić information content (AvgIpc) is 2.97. The van der Waals surface area contributed by atoms with E-state index in [0.717, 1.165) is 12.0 Å². The van der Waals surface area contributed by atoms with Gasteiger partial charge in [-0.2, -0.15) is 4.39 Å². The lowest BCUT2D eigenvalue weighted by atomic mass is 9.96. The highest BCUT2D eigenvalue weighted by Crippen LogP contribution is 2.33. The monoisotopic (exact) mass is 546 g/mol. The van der Waals surface area contributed by atoms with Crippen LogP contribution in [0.15, 0.2) is 85.5 Å². The average molecular weight is 547 g/mol. The topological polar surface area (TPSA) is 29.5 Å². The maximum Gasteiger partial charge on any atom is 0.201 e. The van der Waals surface area contributed by atoms with Crippen molar-refractivity contribution >= 4 is 12.2 Å². The highest BCUT2D eigenvalue weighted by Gasteiger charge is 2.17. The predicted molar refractivity (Wildman–Crippen MR) is 153 cm³/mol. The molecule has 1 N–H and O–H groups in total. The van der Waals surface area contributed by atoms with Crippen LogP contribution in [0, 0.1) is 23.3 Å². The molecule has 0 bridgehead atoms. The summed E-state index contributed by atoms with van der Waals surface area (Å²) in [7, 11) is 0. The van der Waals surface area contributed by atoms with E-state index in [0.29, 0.717) is 29.5 Å². The summed E-state index contributed by atoms with van der Waals surface area (Å²) in [6.45, 7) is 5.74. The zero-order chi connectivity index (χ0) is 28.6. The first-order valence-electron chi connectivity index (χ1n) is 13.1. The molecule has 0 spiro atoms. The summed E-state index contributed by atoms with van der Waals surface area (Å²) in [6, 6.07) is 19.3. The number of halogens is 4. The van der Waals surface area contributed by atoms with Crippen molar-refractivity contribution in [1.82, 2.24) is 0 Å². The van der Waals surface area contributed by atoms with Crippen molar-refractivity contribution in [3.8, 4) is 28.0 Å². The Kier molecular flexibility index (Phi) is 9.56. The van der Waals surface area contributed by atoms with Gasteiger partial charge in [-0.3, -0.25) is 0 Å². The minimum Gasteiger partial charge on any atom is -0.490 e. The van der Waals surface area contributed by atoms with Crippen molar-refractivity contribution < 1.29 is 27.4 Å². The summed E-state index contributed by atoms with van der Waals surface area (Å²) in [5.41, 5.74) is 2.66. The molecule has 0 aliphatic heterocycles. The summed E-state index contributed by atoms with van der Waals surface area (Å²) in [5.74, 6) is -4.17. The van der Waals surface area contributed by atoms with Crippen LogP contribution in [-0.4, -0.2) is 11.7 Å². The van der Waals surface area contributed by atoms with Gasteiger partial charge in [0.2, 0.25) is 5.82 Å². The zero-order valence-electron chi connectivity index (χ0n) is 22.1. The second kappa shape index (κ2) is 13.3. The molecular formula is C34H30F4O2. The SMILES string of the molecule is C=CCCOc1ccc(/C=C/c2ccc(-c3ccc(-c4ccc(C(O)CCC)cc4)c(F)c3F)cc2)c(F)c1F. The van der Waals surface area contributed by atoms with Gasteiger partial charge in [-0.1, -0.05) is 92.2 Å². The third-order valence-electron chi connectivity index (χ3n) is 6.58. The maximum absolute atomic E-state index is 15.1. The number of hydrogen-bond acceptors (Lipinski definition) is 2. The first-order chi connectivity index (χ1) is 19.3. The van der Waals surface area contributed by atoms with E-state index in [1.807, 2.05) is 6.92 Å².